The third kappa shape index (κ3) is 5.13. The van der Waals surface area contributed by atoms with Crippen LogP contribution < -0.4 is 10.1 Å². The number of nitrogens with one attached hydrogen (secondary N) is 1. The number of likely N-dealkylation sites (tertiary alicyclic amines) is 2. The highest BCUT2D eigenvalue weighted by molar-refractivity contribution is 5.80. The zero-order valence-corrected chi connectivity index (χ0v) is 16.6. The van der Waals surface area contributed by atoms with Crippen LogP contribution in [0.3, 0.4) is 0 Å². The van der Waals surface area contributed by atoms with E-state index < -0.39 is 0 Å². The minimum atomic E-state index is 0.0934. The third-order valence-corrected chi connectivity index (χ3v) is 5.48. The van der Waals surface area contributed by atoms with Gasteiger partial charge in [-0.25, -0.2) is 0 Å². The van der Waals surface area contributed by atoms with Crippen LogP contribution in [0.5, 0.6) is 5.75 Å². The first kappa shape index (κ1) is 19.0. The van der Waals surface area contributed by atoms with Crippen molar-refractivity contribution in [1.82, 2.24) is 15.1 Å². The summed E-state index contributed by atoms with van der Waals surface area (Å²) >= 11 is 0. The van der Waals surface area contributed by atoms with Crippen molar-refractivity contribution in [1.29, 1.82) is 0 Å². The van der Waals surface area contributed by atoms with Crippen molar-refractivity contribution in [2.24, 2.45) is 10.9 Å². The second-order valence-corrected chi connectivity index (χ2v) is 7.73. The van der Waals surface area contributed by atoms with E-state index in [-0.39, 0.29) is 6.10 Å². The molecule has 0 aromatic heterocycles. The number of para-hydroxylation sites is 1. The van der Waals surface area contributed by atoms with Crippen LogP contribution in [0.4, 0.5) is 0 Å². The lowest BCUT2D eigenvalue weighted by atomic mass is 10.1. The van der Waals surface area contributed by atoms with Crippen LogP contribution >= 0.6 is 0 Å². The predicted octanol–water partition coefficient (Wildman–Crippen LogP) is 2.76. The quantitative estimate of drug-likeness (QED) is 0.627. The number of benzene rings is 1. The van der Waals surface area contributed by atoms with Gasteiger partial charge in [-0.2, -0.15) is 0 Å². The van der Waals surface area contributed by atoms with Crippen molar-refractivity contribution in [3.05, 3.63) is 29.8 Å². The van der Waals surface area contributed by atoms with Gasteiger partial charge in [0.25, 0.3) is 0 Å². The number of nitrogens with zero attached hydrogens (tertiary/aromatic N) is 3. The standard InChI is InChI=1S/C21H34N4O/c1-17-8-4-5-9-20(17)26-18(2)14-23-21(22-3)25-13-10-19(16-25)15-24-11-6-7-12-24/h4-5,8-9,18-19H,6-7,10-16H2,1-3H3,(H,22,23). The Balaban J connectivity index is 1.43. The number of aryl methyl sites for hydroxylation is 1. The second-order valence-electron chi connectivity index (χ2n) is 7.73. The molecule has 0 saturated carbocycles. The second kappa shape index (κ2) is 9.26. The van der Waals surface area contributed by atoms with Gasteiger partial charge in [-0.15, -0.1) is 0 Å². The van der Waals surface area contributed by atoms with E-state index in [1.165, 1.54) is 44.5 Å². The summed E-state index contributed by atoms with van der Waals surface area (Å²) < 4.78 is 6.07. The number of ether oxygens (including phenoxy) is 1. The Kier molecular flexibility index (Phi) is 6.78. The van der Waals surface area contributed by atoms with Gasteiger partial charge in [-0.3, -0.25) is 4.99 Å². The largest absolute Gasteiger partial charge is 0.489 e. The molecule has 0 spiro atoms. The van der Waals surface area contributed by atoms with Crippen molar-refractivity contribution >= 4 is 5.96 Å². The Labute approximate surface area is 158 Å². The molecule has 5 nitrogen and oxygen atoms in total. The SMILES string of the molecule is CN=C(NCC(C)Oc1ccccc1C)N1CCC(CN2CCCC2)C1. The Morgan fingerprint density at radius 2 is 2.04 bits per heavy atom. The Hall–Kier alpha value is -1.75. The van der Waals surface area contributed by atoms with Crippen LogP contribution in [-0.4, -0.2) is 68.2 Å². The van der Waals surface area contributed by atoms with E-state index in [9.17, 15) is 0 Å². The third-order valence-electron chi connectivity index (χ3n) is 5.48. The van der Waals surface area contributed by atoms with Gasteiger partial charge < -0.3 is 19.9 Å². The molecular formula is C21H34N4O. The average Bonchev–Trinajstić information content (AvgIpc) is 3.30. The average molecular weight is 359 g/mol. The molecule has 2 heterocycles. The Morgan fingerprint density at radius 1 is 1.27 bits per heavy atom. The molecule has 26 heavy (non-hydrogen) atoms. The molecule has 2 unspecified atom stereocenters. The lowest BCUT2D eigenvalue weighted by Crippen LogP contribution is -2.44. The molecule has 2 aliphatic heterocycles. The summed E-state index contributed by atoms with van der Waals surface area (Å²) in [4.78, 5) is 9.53. The molecule has 5 heteroatoms. The number of hydrogen-bond acceptors (Lipinski definition) is 3. The normalized spacial score (nSPS) is 22.7. The molecule has 0 radical (unpaired) electrons. The van der Waals surface area contributed by atoms with E-state index in [1.807, 2.05) is 25.2 Å². The molecule has 2 atom stereocenters. The van der Waals surface area contributed by atoms with Crippen LogP contribution in [0, 0.1) is 12.8 Å². The van der Waals surface area contributed by atoms with Crippen molar-refractivity contribution in [2.75, 3.05) is 46.3 Å². The summed E-state index contributed by atoms with van der Waals surface area (Å²) in [5.41, 5.74) is 1.17. The van der Waals surface area contributed by atoms with E-state index in [2.05, 4.69) is 40.0 Å². The fourth-order valence-corrected chi connectivity index (χ4v) is 4.02. The van der Waals surface area contributed by atoms with Crippen LogP contribution in [0.1, 0.15) is 31.7 Å². The Morgan fingerprint density at radius 3 is 2.77 bits per heavy atom. The zero-order chi connectivity index (χ0) is 18.4. The summed E-state index contributed by atoms with van der Waals surface area (Å²) in [6.07, 6.45) is 4.11. The number of rotatable bonds is 6. The van der Waals surface area contributed by atoms with Crippen molar-refractivity contribution < 1.29 is 4.74 Å². The maximum Gasteiger partial charge on any atom is 0.193 e. The number of hydrogen-bond donors (Lipinski definition) is 1. The van der Waals surface area contributed by atoms with Crippen molar-refractivity contribution in [3.63, 3.8) is 0 Å². The lowest BCUT2D eigenvalue weighted by molar-refractivity contribution is 0.221. The molecule has 0 amide bonds. The van der Waals surface area contributed by atoms with Gasteiger partial charge in [0.05, 0.1) is 6.54 Å². The molecule has 2 aliphatic rings. The monoisotopic (exact) mass is 358 g/mol. The first-order valence-electron chi connectivity index (χ1n) is 10.1. The van der Waals surface area contributed by atoms with Crippen LogP contribution in [0.25, 0.3) is 0 Å². The van der Waals surface area contributed by atoms with Crippen LogP contribution in [0.15, 0.2) is 29.3 Å². The highest BCUT2D eigenvalue weighted by atomic mass is 16.5. The molecule has 0 bridgehead atoms. The van der Waals surface area contributed by atoms with Gasteiger partial charge in [0.1, 0.15) is 11.9 Å². The maximum absolute atomic E-state index is 6.07. The zero-order valence-electron chi connectivity index (χ0n) is 16.6. The molecule has 1 N–H and O–H groups in total. The van der Waals surface area contributed by atoms with E-state index in [1.54, 1.807) is 0 Å². The van der Waals surface area contributed by atoms with Crippen molar-refractivity contribution in [3.8, 4) is 5.75 Å². The van der Waals surface area contributed by atoms with Gasteiger partial charge in [0.2, 0.25) is 0 Å². The van der Waals surface area contributed by atoms with Gasteiger partial charge in [-0.05, 0) is 63.7 Å². The first-order chi connectivity index (χ1) is 12.7. The van der Waals surface area contributed by atoms with Crippen LogP contribution in [0.2, 0.25) is 0 Å². The molecule has 0 aliphatic carbocycles. The topological polar surface area (TPSA) is 40.1 Å². The maximum atomic E-state index is 6.07. The highest BCUT2D eigenvalue weighted by Gasteiger charge is 2.27. The number of aliphatic imine (C=N–C) groups is 1. The van der Waals surface area contributed by atoms with Crippen LogP contribution in [-0.2, 0) is 0 Å². The van der Waals surface area contributed by atoms with Gasteiger partial charge in [0, 0.05) is 26.7 Å². The molecule has 1 aromatic carbocycles. The van der Waals surface area contributed by atoms with E-state index in [0.29, 0.717) is 0 Å². The molecule has 3 rings (SSSR count). The smallest absolute Gasteiger partial charge is 0.193 e. The van der Waals surface area contributed by atoms with E-state index in [0.717, 1.165) is 37.3 Å². The predicted molar refractivity (Wildman–Crippen MR) is 108 cm³/mol. The Bertz CT molecular complexity index is 597. The summed E-state index contributed by atoms with van der Waals surface area (Å²) in [5.74, 6) is 2.74. The summed E-state index contributed by atoms with van der Waals surface area (Å²) in [6.45, 7) is 11.0. The lowest BCUT2D eigenvalue weighted by Gasteiger charge is -2.25. The van der Waals surface area contributed by atoms with E-state index >= 15 is 0 Å². The molecule has 144 valence electrons. The summed E-state index contributed by atoms with van der Waals surface area (Å²) in [5, 5.41) is 3.50. The summed E-state index contributed by atoms with van der Waals surface area (Å²) in [7, 11) is 1.88. The molecular weight excluding hydrogens is 324 g/mol. The minimum absolute atomic E-state index is 0.0934. The number of guanidine groups is 1. The molecule has 2 fully saturated rings. The molecule has 1 aromatic rings. The molecule has 2 saturated heterocycles. The van der Waals surface area contributed by atoms with Gasteiger partial charge >= 0.3 is 0 Å². The van der Waals surface area contributed by atoms with E-state index in [4.69, 9.17) is 4.74 Å². The first-order valence-corrected chi connectivity index (χ1v) is 10.1. The van der Waals surface area contributed by atoms with Gasteiger partial charge in [-0.1, -0.05) is 18.2 Å². The van der Waals surface area contributed by atoms with Gasteiger partial charge in [0.15, 0.2) is 5.96 Å². The minimum Gasteiger partial charge on any atom is -0.489 e. The summed E-state index contributed by atoms with van der Waals surface area (Å²) in [6, 6.07) is 8.17. The fraction of sp³-hybridized carbons (Fsp3) is 0.667. The fourth-order valence-electron chi connectivity index (χ4n) is 4.02. The highest BCUT2D eigenvalue weighted by Crippen LogP contribution is 2.20. The van der Waals surface area contributed by atoms with Crippen molar-refractivity contribution in [2.45, 2.75) is 39.2 Å².